The van der Waals surface area contributed by atoms with E-state index in [1.165, 1.54) is 107 Å². The van der Waals surface area contributed by atoms with Gasteiger partial charge in [0.15, 0.2) is 11.2 Å². The number of rotatable bonds is 8. The van der Waals surface area contributed by atoms with Gasteiger partial charge in [0.2, 0.25) is 0 Å². The minimum Gasteiger partial charge on any atom is -0.454 e. The average molecular weight is 1240 g/mol. The molecule has 0 aliphatic rings. The van der Waals surface area contributed by atoms with E-state index in [2.05, 4.69) is 337 Å². The maximum atomic E-state index is 6.55. The van der Waals surface area contributed by atoms with Crippen molar-refractivity contribution in [2.75, 3.05) is 0 Å². The van der Waals surface area contributed by atoms with E-state index in [0.29, 0.717) is 0 Å². The Hall–Kier alpha value is -11.8. The number of nitrogens with zero attached hydrogens (tertiary/aromatic N) is 2. The molecule has 6 aromatic heterocycles. The van der Waals surface area contributed by atoms with Gasteiger partial charge < -0.3 is 18.0 Å². The van der Waals surface area contributed by atoms with Gasteiger partial charge in [-0.1, -0.05) is 231 Å². The molecule has 0 spiro atoms. The predicted octanol–water partition coefficient (Wildman–Crippen LogP) is 25.8. The second-order valence-electron chi connectivity index (χ2n) is 24.2. The van der Waals surface area contributed by atoms with Gasteiger partial charge in [0.05, 0.1) is 11.0 Å². The van der Waals surface area contributed by atoms with E-state index in [9.17, 15) is 0 Å². The molecule has 0 N–H and O–H groups in total. The molecule has 0 aliphatic carbocycles. The van der Waals surface area contributed by atoms with Gasteiger partial charge in [-0.25, -0.2) is 0 Å². The van der Waals surface area contributed by atoms with E-state index in [1.807, 2.05) is 22.7 Å². The van der Waals surface area contributed by atoms with E-state index >= 15 is 0 Å². The Balaban J connectivity index is 0.000000133. The molecule has 20 rings (SSSR count). The number of furan rings is 2. The lowest BCUT2D eigenvalue weighted by Gasteiger charge is -2.09. The van der Waals surface area contributed by atoms with E-state index in [-0.39, 0.29) is 0 Å². The Labute approximate surface area is 548 Å². The van der Waals surface area contributed by atoms with Crippen LogP contribution in [0.3, 0.4) is 0 Å². The third-order valence-corrected chi connectivity index (χ3v) is 21.2. The first-order valence-corrected chi connectivity index (χ1v) is 33.5. The highest BCUT2D eigenvalue weighted by Gasteiger charge is 2.23. The molecule has 0 atom stereocenters. The summed E-state index contributed by atoms with van der Waals surface area (Å²) in [6.45, 7) is 0. The van der Waals surface area contributed by atoms with Crippen LogP contribution in [0.1, 0.15) is 0 Å². The number of hydrogen-bond donors (Lipinski definition) is 0. The van der Waals surface area contributed by atoms with Crippen LogP contribution >= 0.6 is 22.7 Å². The van der Waals surface area contributed by atoms with Crippen LogP contribution in [0.15, 0.2) is 336 Å². The summed E-state index contributed by atoms with van der Waals surface area (Å²) in [6, 6.07) is 118. The highest BCUT2D eigenvalue weighted by Crippen LogP contribution is 2.47. The first-order chi connectivity index (χ1) is 46.6. The summed E-state index contributed by atoms with van der Waals surface area (Å²) < 4.78 is 23.0. The maximum Gasteiger partial charge on any atom is 0.161 e. The molecule has 6 heteroatoms. The topological polar surface area (TPSA) is 36.1 Å². The lowest BCUT2D eigenvalue weighted by atomic mass is 9.97. The number of benzene rings is 14. The second kappa shape index (κ2) is 22.0. The second-order valence-corrected chi connectivity index (χ2v) is 26.3. The van der Waals surface area contributed by atoms with E-state index in [1.54, 1.807) is 0 Å². The Morgan fingerprint density at radius 2 is 0.585 bits per heavy atom. The minimum atomic E-state index is 0.898. The van der Waals surface area contributed by atoms with Crippen LogP contribution < -0.4 is 0 Å². The molecular formula is C88H54N2O2S2. The van der Waals surface area contributed by atoms with Gasteiger partial charge in [0.25, 0.3) is 0 Å². The Morgan fingerprint density at radius 1 is 0.223 bits per heavy atom. The zero-order valence-corrected chi connectivity index (χ0v) is 52.3. The molecular weight excluding hydrogens is 1180 g/mol. The molecule has 0 unspecified atom stereocenters. The van der Waals surface area contributed by atoms with Gasteiger partial charge in [0.1, 0.15) is 22.2 Å². The average Bonchev–Trinajstić information content (AvgIpc) is 1.57. The SMILES string of the molecule is c1ccc(-c2ccc3c(c2)sc2cc(-c4cccc(-c5ccc6oc7c8ccccc8n(-c8ccccc8)c7c6c5)c4)ccc23)cc1.c1ccc(-c2cccc3c2sc2c(-c4cccc(-c5ccc6oc7c8ccccc8n(-c8ccccc8)c7c6c5)c4)cccc23)cc1. The van der Waals surface area contributed by atoms with E-state index in [0.717, 1.165) is 77.3 Å². The van der Waals surface area contributed by atoms with Crippen molar-refractivity contribution < 1.29 is 8.83 Å². The standard InChI is InChI=1S/2C44H27NOS/c1-3-12-28(13-4-1)33-19-10-21-35-36-22-11-20-34(44(36)47-43(33)35)31-15-9-14-29(26-31)30-24-25-40-38(27-30)41-42(46-40)37-18-7-8-23-39(37)45(41)32-16-5-2-6-17-32;1-3-10-28(11-4-1)32-18-21-35-36-22-19-33(27-42(36)47-41(35)26-32)30-13-9-12-29(24-30)31-20-23-40-38(25-31)43-44(46-40)37-16-7-8-17-39(37)45(43)34-14-5-2-6-15-34/h2*1-27H. The van der Waals surface area contributed by atoms with Crippen molar-refractivity contribution >= 4 is 129 Å². The van der Waals surface area contributed by atoms with Crippen molar-refractivity contribution in [1.82, 2.24) is 9.13 Å². The van der Waals surface area contributed by atoms with Crippen molar-refractivity contribution in [3.63, 3.8) is 0 Å². The molecule has 0 saturated carbocycles. The van der Waals surface area contributed by atoms with Crippen LogP contribution in [0, 0.1) is 0 Å². The van der Waals surface area contributed by atoms with Crippen LogP contribution in [0.2, 0.25) is 0 Å². The number of fused-ring (bicyclic) bond motifs is 16. The molecule has 0 aliphatic heterocycles. The van der Waals surface area contributed by atoms with Crippen LogP contribution in [0.25, 0.3) is 184 Å². The van der Waals surface area contributed by atoms with Crippen molar-refractivity contribution in [3.8, 4) is 78.1 Å². The quantitative estimate of drug-likeness (QED) is 0.152. The molecule has 4 nitrogen and oxygen atoms in total. The largest absolute Gasteiger partial charge is 0.454 e. The highest BCUT2D eigenvalue weighted by atomic mass is 32.1. The van der Waals surface area contributed by atoms with Gasteiger partial charge in [-0.3, -0.25) is 0 Å². The lowest BCUT2D eigenvalue weighted by molar-refractivity contribution is 0.672. The molecule has 0 saturated heterocycles. The summed E-state index contributed by atoms with van der Waals surface area (Å²) >= 11 is 3.77. The van der Waals surface area contributed by atoms with Gasteiger partial charge >= 0.3 is 0 Å². The number of thiophene rings is 2. The van der Waals surface area contributed by atoms with Crippen molar-refractivity contribution in [2.24, 2.45) is 0 Å². The predicted molar refractivity (Wildman–Crippen MR) is 400 cm³/mol. The van der Waals surface area contributed by atoms with E-state index < -0.39 is 0 Å². The molecule has 0 radical (unpaired) electrons. The molecule has 6 heterocycles. The summed E-state index contributed by atoms with van der Waals surface area (Å²) in [4.78, 5) is 0. The third kappa shape index (κ3) is 8.87. The van der Waals surface area contributed by atoms with Crippen molar-refractivity contribution in [1.29, 1.82) is 0 Å². The third-order valence-electron chi connectivity index (χ3n) is 18.8. The first kappa shape index (κ1) is 54.0. The molecule has 0 amide bonds. The molecule has 14 aromatic carbocycles. The lowest BCUT2D eigenvalue weighted by Crippen LogP contribution is -1.92. The Bertz CT molecular complexity index is 6340. The minimum absolute atomic E-state index is 0.898. The monoisotopic (exact) mass is 1230 g/mol. The first-order valence-electron chi connectivity index (χ1n) is 31.9. The normalized spacial score (nSPS) is 11.8. The Kier molecular flexibility index (Phi) is 12.6. The summed E-state index contributed by atoms with van der Waals surface area (Å²) in [5.41, 5.74) is 25.1. The van der Waals surface area contributed by atoms with Crippen LogP contribution in [0.5, 0.6) is 0 Å². The molecule has 0 bridgehead atoms. The van der Waals surface area contributed by atoms with Crippen LogP contribution in [-0.2, 0) is 0 Å². The van der Waals surface area contributed by atoms with Gasteiger partial charge in [0, 0.05) is 73.3 Å². The highest BCUT2D eigenvalue weighted by molar-refractivity contribution is 7.27. The van der Waals surface area contributed by atoms with Crippen molar-refractivity contribution in [2.45, 2.75) is 0 Å². The smallest absolute Gasteiger partial charge is 0.161 e. The van der Waals surface area contributed by atoms with Crippen LogP contribution in [0.4, 0.5) is 0 Å². The van der Waals surface area contributed by atoms with Crippen LogP contribution in [-0.4, -0.2) is 9.13 Å². The summed E-state index contributed by atoms with van der Waals surface area (Å²) in [5, 5.41) is 9.73. The number of para-hydroxylation sites is 4. The zero-order chi connectivity index (χ0) is 61.8. The van der Waals surface area contributed by atoms with Gasteiger partial charge in [-0.15, -0.1) is 22.7 Å². The van der Waals surface area contributed by atoms with Gasteiger partial charge in [-0.05, 0) is 164 Å². The maximum absolute atomic E-state index is 6.55. The molecule has 440 valence electrons. The summed E-state index contributed by atoms with van der Waals surface area (Å²) in [5.74, 6) is 0. The number of hydrogen-bond acceptors (Lipinski definition) is 4. The van der Waals surface area contributed by atoms with Crippen molar-refractivity contribution in [3.05, 3.63) is 328 Å². The Morgan fingerprint density at radius 3 is 1.10 bits per heavy atom. The number of aromatic nitrogens is 2. The molecule has 94 heavy (non-hydrogen) atoms. The molecule has 20 aromatic rings. The van der Waals surface area contributed by atoms with E-state index in [4.69, 9.17) is 8.83 Å². The fourth-order valence-electron chi connectivity index (χ4n) is 14.4. The van der Waals surface area contributed by atoms with Gasteiger partial charge in [-0.2, -0.15) is 0 Å². The summed E-state index contributed by atoms with van der Waals surface area (Å²) in [7, 11) is 0. The summed E-state index contributed by atoms with van der Waals surface area (Å²) in [6.07, 6.45) is 0. The zero-order valence-electron chi connectivity index (χ0n) is 50.7. The fourth-order valence-corrected chi connectivity index (χ4v) is 17.0. The molecule has 0 fully saturated rings. The fraction of sp³-hybridized carbons (Fsp3) is 0.